The van der Waals surface area contributed by atoms with E-state index in [4.69, 9.17) is 9.47 Å². The van der Waals surface area contributed by atoms with Crippen molar-refractivity contribution < 1.29 is 18.7 Å². The Balaban J connectivity index is 2.90. The molecule has 0 heterocycles. The SMILES string of the molecule is CCOC(=O)/C(F)=C(/C)c1cc2c(c(Br)c1OC(C)C)C(C)(C)CC=C2C(C)(C)C. The van der Waals surface area contributed by atoms with Gasteiger partial charge in [-0.1, -0.05) is 40.7 Å². The molecule has 1 aliphatic rings. The Morgan fingerprint density at radius 2 is 1.90 bits per heavy atom. The number of esters is 1. The van der Waals surface area contributed by atoms with Gasteiger partial charge in [0.1, 0.15) is 5.75 Å². The van der Waals surface area contributed by atoms with Gasteiger partial charge in [-0.15, -0.1) is 0 Å². The monoisotopic (exact) mass is 480 g/mol. The van der Waals surface area contributed by atoms with Crippen molar-refractivity contribution in [2.24, 2.45) is 5.41 Å². The van der Waals surface area contributed by atoms with Crippen molar-refractivity contribution in [3.05, 3.63) is 39.1 Å². The van der Waals surface area contributed by atoms with Crippen LogP contribution < -0.4 is 4.74 Å². The molecule has 0 atom stereocenters. The highest BCUT2D eigenvalue weighted by Gasteiger charge is 2.37. The fraction of sp³-hybridized carbons (Fsp3) is 0.560. The van der Waals surface area contributed by atoms with E-state index in [9.17, 15) is 9.18 Å². The number of hydrogen-bond donors (Lipinski definition) is 0. The molecule has 0 fully saturated rings. The highest BCUT2D eigenvalue weighted by atomic mass is 79.9. The van der Waals surface area contributed by atoms with Crippen molar-refractivity contribution in [2.45, 2.75) is 80.3 Å². The number of ether oxygens (including phenoxy) is 2. The molecule has 0 saturated heterocycles. The van der Waals surface area contributed by atoms with Crippen molar-refractivity contribution in [3.8, 4) is 5.75 Å². The first kappa shape index (κ1) is 24.6. The van der Waals surface area contributed by atoms with Crippen molar-refractivity contribution >= 4 is 33.0 Å². The summed E-state index contributed by atoms with van der Waals surface area (Å²) in [5.41, 5.74) is 4.00. The third-order valence-electron chi connectivity index (χ3n) is 5.35. The second kappa shape index (κ2) is 8.86. The summed E-state index contributed by atoms with van der Waals surface area (Å²) in [4.78, 5) is 12.1. The molecule has 0 amide bonds. The normalized spacial score (nSPS) is 16.6. The molecular weight excluding hydrogens is 447 g/mol. The zero-order valence-corrected chi connectivity index (χ0v) is 21.2. The standard InChI is InChI=1S/C25H34BrFO3/c1-10-29-23(28)21(27)15(4)16-13-17-18(24(5,6)7)11-12-25(8,9)19(17)20(26)22(16)30-14(2)3/h11,13-14H,10,12H2,1-9H3/b21-15+. The van der Waals surface area contributed by atoms with Gasteiger partial charge >= 0.3 is 5.97 Å². The van der Waals surface area contributed by atoms with Gasteiger partial charge in [0.25, 0.3) is 0 Å². The van der Waals surface area contributed by atoms with Crippen molar-refractivity contribution in [2.75, 3.05) is 6.61 Å². The van der Waals surface area contributed by atoms with Crippen molar-refractivity contribution in [1.82, 2.24) is 0 Å². The number of hydrogen-bond acceptors (Lipinski definition) is 3. The number of benzene rings is 1. The maximum absolute atomic E-state index is 14.9. The molecule has 30 heavy (non-hydrogen) atoms. The van der Waals surface area contributed by atoms with E-state index < -0.39 is 11.8 Å². The second-order valence-corrected chi connectivity index (χ2v) is 10.6. The van der Waals surface area contributed by atoms with Gasteiger partial charge < -0.3 is 9.47 Å². The zero-order chi connectivity index (χ0) is 23.0. The molecule has 0 aliphatic heterocycles. The molecule has 1 aromatic carbocycles. The van der Waals surface area contributed by atoms with Crippen LogP contribution in [0.25, 0.3) is 11.1 Å². The summed E-state index contributed by atoms with van der Waals surface area (Å²) in [6, 6.07) is 1.98. The summed E-state index contributed by atoms with van der Waals surface area (Å²) in [5.74, 6) is -1.29. The molecule has 1 aliphatic carbocycles. The van der Waals surface area contributed by atoms with Gasteiger partial charge in [0.2, 0.25) is 5.83 Å². The second-order valence-electron chi connectivity index (χ2n) is 9.77. The molecule has 166 valence electrons. The van der Waals surface area contributed by atoms with Crippen LogP contribution in [0.2, 0.25) is 0 Å². The van der Waals surface area contributed by atoms with Crippen LogP contribution in [-0.4, -0.2) is 18.7 Å². The summed E-state index contributed by atoms with van der Waals surface area (Å²) >= 11 is 3.79. The number of rotatable bonds is 5. The lowest BCUT2D eigenvalue weighted by atomic mass is 9.67. The Morgan fingerprint density at radius 1 is 1.30 bits per heavy atom. The van der Waals surface area contributed by atoms with Crippen LogP contribution in [0.3, 0.4) is 0 Å². The average Bonchev–Trinajstić information content (AvgIpc) is 2.60. The summed E-state index contributed by atoms with van der Waals surface area (Å²) in [5, 5.41) is 0. The molecule has 2 rings (SSSR count). The van der Waals surface area contributed by atoms with E-state index in [1.54, 1.807) is 13.8 Å². The number of carbonyl (C=O) groups excluding carboxylic acids is 1. The van der Waals surface area contributed by atoms with Gasteiger partial charge in [0.15, 0.2) is 0 Å². The first-order chi connectivity index (χ1) is 13.7. The molecule has 0 spiro atoms. The lowest BCUT2D eigenvalue weighted by molar-refractivity contribution is -0.140. The van der Waals surface area contributed by atoms with E-state index in [0.29, 0.717) is 11.3 Å². The third-order valence-corrected chi connectivity index (χ3v) is 6.11. The van der Waals surface area contributed by atoms with Crippen LogP contribution in [0.1, 0.15) is 85.4 Å². The minimum atomic E-state index is -0.953. The molecule has 3 nitrogen and oxygen atoms in total. The van der Waals surface area contributed by atoms with Crippen LogP contribution in [0, 0.1) is 5.41 Å². The topological polar surface area (TPSA) is 35.5 Å². The first-order valence-electron chi connectivity index (χ1n) is 10.5. The summed E-state index contributed by atoms with van der Waals surface area (Å²) in [7, 11) is 0. The van der Waals surface area contributed by atoms with Crippen LogP contribution in [-0.2, 0) is 14.9 Å². The predicted molar refractivity (Wildman–Crippen MR) is 125 cm³/mol. The van der Waals surface area contributed by atoms with Gasteiger partial charge in [-0.05, 0) is 83.6 Å². The predicted octanol–water partition coefficient (Wildman–Crippen LogP) is 7.61. The van der Waals surface area contributed by atoms with E-state index in [0.717, 1.165) is 22.0 Å². The molecule has 5 heteroatoms. The van der Waals surface area contributed by atoms with Gasteiger partial charge in [0.05, 0.1) is 17.2 Å². The van der Waals surface area contributed by atoms with Gasteiger partial charge in [-0.2, -0.15) is 4.39 Å². The van der Waals surface area contributed by atoms with E-state index in [1.165, 1.54) is 5.57 Å². The molecule has 0 bridgehead atoms. The molecule has 1 aromatic rings. The Morgan fingerprint density at radius 3 is 2.40 bits per heavy atom. The van der Waals surface area contributed by atoms with Crippen LogP contribution >= 0.6 is 15.9 Å². The lowest BCUT2D eigenvalue weighted by Gasteiger charge is -2.38. The van der Waals surface area contributed by atoms with E-state index in [-0.39, 0.29) is 29.1 Å². The fourth-order valence-corrected chi connectivity index (χ4v) is 4.94. The molecule has 0 radical (unpaired) electrons. The number of carbonyl (C=O) groups is 1. The third kappa shape index (κ3) is 4.82. The summed E-state index contributed by atoms with van der Waals surface area (Å²) in [6.07, 6.45) is 3.07. The Hall–Kier alpha value is -1.62. The Labute approximate surface area is 188 Å². The van der Waals surface area contributed by atoms with Gasteiger partial charge in [-0.3, -0.25) is 0 Å². The highest BCUT2D eigenvalue weighted by molar-refractivity contribution is 9.10. The molecule has 0 unspecified atom stereocenters. The molecule has 0 N–H and O–H groups in total. The largest absolute Gasteiger partial charge is 0.489 e. The Bertz CT molecular complexity index is 902. The smallest absolute Gasteiger partial charge is 0.367 e. The fourth-order valence-electron chi connectivity index (χ4n) is 3.88. The van der Waals surface area contributed by atoms with Crippen LogP contribution in [0.4, 0.5) is 4.39 Å². The minimum Gasteiger partial charge on any atom is -0.489 e. The van der Waals surface area contributed by atoms with E-state index in [2.05, 4.69) is 56.6 Å². The molecule has 0 saturated carbocycles. The van der Waals surface area contributed by atoms with Crippen molar-refractivity contribution in [1.29, 1.82) is 0 Å². The number of allylic oxidation sites excluding steroid dienone is 3. The zero-order valence-electron chi connectivity index (χ0n) is 19.6. The van der Waals surface area contributed by atoms with Crippen LogP contribution in [0.5, 0.6) is 5.75 Å². The van der Waals surface area contributed by atoms with Crippen molar-refractivity contribution in [3.63, 3.8) is 0 Å². The first-order valence-corrected chi connectivity index (χ1v) is 11.3. The summed E-state index contributed by atoms with van der Waals surface area (Å²) in [6.45, 7) is 18.2. The summed E-state index contributed by atoms with van der Waals surface area (Å²) < 4.78 is 26.8. The molecule has 0 aromatic heterocycles. The quantitative estimate of drug-likeness (QED) is 0.321. The van der Waals surface area contributed by atoms with E-state index >= 15 is 0 Å². The molecular formula is C25H34BrFO3. The minimum absolute atomic E-state index is 0.0836. The number of fused-ring (bicyclic) bond motifs is 1. The maximum atomic E-state index is 14.9. The Kier molecular flexibility index (Phi) is 7.28. The van der Waals surface area contributed by atoms with Gasteiger partial charge in [0, 0.05) is 11.1 Å². The number of halogens is 2. The highest BCUT2D eigenvalue weighted by Crippen LogP contribution is 2.52. The van der Waals surface area contributed by atoms with Crippen LogP contribution in [0.15, 0.2) is 22.4 Å². The van der Waals surface area contributed by atoms with Gasteiger partial charge in [-0.25, -0.2) is 4.79 Å². The lowest BCUT2D eigenvalue weighted by Crippen LogP contribution is -2.26. The maximum Gasteiger partial charge on any atom is 0.367 e. The van der Waals surface area contributed by atoms with E-state index in [1.807, 2.05) is 19.9 Å². The average molecular weight is 481 g/mol.